The van der Waals surface area contributed by atoms with Gasteiger partial charge in [0.25, 0.3) is 0 Å². The minimum absolute atomic E-state index is 0.108. The maximum Gasteiger partial charge on any atom is 0.160 e. The highest BCUT2D eigenvalue weighted by molar-refractivity contribution is 7.15. The average molecular weight is 525 g/mol. The van der Waals surface area contributed by atoms with Gasteiger partial charge in [0.15, 0.2) is 11.6 Å². The fraction of sp³-hybridized carbons (Fsp3) is 0.323. The first-order chi connectivity index (χ1) is 18.3. The SMILES string of the molecule is Cc1ccccc1C1=NCc2nnc(C)n2-c2sc(C(C=O)C(=O)C(C)c3ccc(CC(C)C)cc3)cc21. The highest BCUT2D eigenvalue weighted by Gasteiger charge is 2.32. The minimum atomic E-state index is -0.865. The summed E-state index contributed by atoms with van der Waals surface area (Å²) >= 11 is 1.45. The van der Waals surface area contributed by atoms with Crippen molar-refractivity contribution in [3.63, 3.8) is 0 Å². The molecule has 0 radical (unpaired) electrons. The number of Topliss-reactive ketones (excluding diaryl/α,β-unsaturated/α-hetero) is 1. The monoisotopic (exact) mass is 524 g/mol. The van der Waals surface area contributed by atoms with Crippen molar-refractivity contribution in [1.29, 1.82) is 0 Å². The molecule has 2 aromatic heterocycles. The van der Waals surface area contributed by atoms with Crippen LogP contribution in [0.3, 0.4) is 0 Å². The van der Waals surface area contributed by atoms with Gasteiger partial charge in [0.1, 0.15) is 29.6 Å². The molecule has 194 valence electrons. The Morgan fingerprint density at radius 1 is 1.03 bits per heavy atom. The Labute approximate surface area is 227 Å². The van der Waals surface area contributed by atoms with Crippen LogP contribution in [0, 0.1) is 19.8 Å². The molecule has 0 spiro atoms. The van der Waals surface area contributed by atoms with Gasteiger partial charge in [0.2, 0.25) is 0 Å². The van der Waals surface area contributed by atoms with E-state index in [4.69, 9.17) is 4.99 Å². The summed E-state index contributed by atoms with van der Waals surface area (Å²) in [5, 5.41) is 9.51. The van der Waals surface area contributed by atoms with Gasteiger partial charge in [-0.1, -0.05) is 69.3 Å². The number of fused-ring (bicyclic) bond motifs is 3. The van der Waals surface area contributed by atoms with Crippen molar-refractivity contribution in [2.45, 2.75) is 59.4 Å². The Hall–Kier alpha value is -3.71. The number of carbonyl (C=O) groups is 2. The van der Waals surface area contributed by atoms with Crippen LogP contribution < -0.4 is 0 Å². The van der Waals surface area contributed by atoms with Crippen molar-refractivity contribution in [2.75, 3.05) is 0 Å². The molecule has 2 unspecified atom stereocenters. The lowest BCUT2D eigenvalue weighted by molar-refractivity contribution is -0.125. The molecule has 4 aromatic rings. The number of rotatable bonds is 8. The molecular weight excluding hydrogens is 492 g/mol. The van der Waals surface area contributed by atoms with Gasteiger partial charge in [-0.05, 0) is 48.9 Å². The normalized spacial score (nSPS) is 14.3. The Bertz CT molecular complexity index is 1530. The lowest BCUT2D eigenvalue weighted by Crippen LogP contribution is -2.19. The summed E-state index contributed by atoms with van der Waals surface area (Å²) in [5.74, 6) is 0.677. The summed E-state index contributed by atoms with van der Waals surface area (Å²) in [7, 11) is 0. The molecule has 2 aromatic carbocycles. The summed E-state index contributed by atoms with van der Waals surface area (Å²) in [6.07, 6.45) is 1.78. The maximum absolute atomic E-state index is 13.7. The number of carbonyl (C=O) groups excluding carboxylic acids is 2. The largest absolute Gasteiger partial charge is 0.302 e. The highest BCUT2D eigenvalue weighted by Crippen LogP contribution is 2.38. The first kappa shape index (κ1) is 25.9. The van der Waals surface area contributed by atoms with E-state index in [1.165, 1.54) is 16.9 Å². The van der Waals surface area contributed by atoms with E-state index in [1.807, 2.05) is 48.7 Å². The summed E-state index contributed by atoms with van der Waals surface area (Å²) in [5.41, 5.74) is 6.05. The molecule has 38 heavy (non-hydrogen) atoms. The van der Waals surface area contributed by atoms with E-state index in [1.54, 1.807) is 0 Å². The number of ketones is 1. The molecule has 0 saturated carbocycles. The standard InChI is InChI=1S/C31H32N4O2S/c1-18(2)14-22-10-12-23(13-11-22)20(4)30(37)26(17-36)27-15-25-29(24-9-7-6-8-19(24)3)32-16-28-34-33-21(5)35(28)31(25)38-27/h6-13,15,17-18,20,26H,14,16H2,1-5H3. The predicted octanol–water partition coefficient (Wildman–Crippen LogP) is 6.15. The molecule has 1 aliphatic rings. The number of aryl methyl sites for hydroxylation is 2. The van der Waals surface area contributed by atoms with E-state index in [0.29, 0.717) is 17.3 Å². The van der Waals surface area contributed by atoms with E-state index >= 15 is 0 Å². The number of aldehydes is 1. The second kappa shape index (κ2) is 10.6. The predicted molar refractivity (Wildman–Crippen MR) is 152 cm³/mol. The van der Waals surface area contributed by atoms with Gasteiger partial charge in [-0.3, -0.25) is 14.4 Å². The van der Waals surface area contributed by atoms with Crippen LogP contribution in [0.4, 0.5) is 0 Å². The van der Waals surface area contributed by atoms with Gasteiger partial charge in [0.05, 0.1) is 5.71 Å². The van der Waals surface area contributed by atoms with E-state index in [-0.39, 0.29) is 5.78 Å². The Morgan fingerprint density at radius 3 is 2.45 bits per heavy atom. The first-order valence-electron chi connectivity index (χ1n) is 13.0. The van der Waals surface area contributed by atoms with Gasteiger partial charge >= 0.3 is 0 Å². The molecule has 0 N–H and O–H groups in total. The highest BCUT2D eigenvalue weighted by atomic mass is 32.1. The molecule has 0 saturated heterocycles. The first-order valence-corrected chi connectivity index (χ1v) is 13.8. The Kier molecular flexibility index (Phi) is 7.21. The second-order valence-electron chi connectivity index (χ2n) is 10.4. The summed E-state index contributed by atoms with van der Waals surface area (Å²) < 4.78 is 2.00. The Morgan fingerprint density at radius 2 is 1.76 bits per heavy atom. The Balaban J connectivity index is 1.54. The van der Waals surface area contributed by atoms with Crippen molar-refractivity contribution in [1.82, 2.24) is 14.8 Å². The van der Waals surface area contributed by atoms with Crippen molar-refractivity contribution < 1.29 is 9.59 Å². The number of aromatic nitrogens is 3. The molecule has 0 fully saturated rings. The van der Waals surface area contributed by atoms with Crippen LogP contribution >= 0.6 is 11.3 Å². The molecule has 0 aliphatic carbocycles. The van der Waals surface area contributed by atoms with Crippen LogP contribution in [0.15, 0.2) is 59.6 Å². The average Bonchev–Trinajstić information content (AvgIpc) is 3.44. The summed E-state index contributed by atoms with van der Waals surface area (Å²) in [4.78, 5) is 31.8. The van der Waals surface area contributed by atoms with E-state index in [0.717, 1.165) is 57.3 Å². The number of nitrogens with zero attached hydrogens (tertiary/aromatic N) is 4. The number of benzene rings is 2. The molecule has 6 nitrogen and oxygen atoms in total. The topological polar surface area (TPSA) is 77.2 Å². The molecule has 5 rings (SSSR count). The number of thiophene rings is 1. The van der Waals surface area contributed by atoms with Gasteiger partial charge in [-0.2, -0.15) is 0 Å². The lowest BCUT2D eigenvalue weighted by atomic mass is 9.87. The number of hydrogen-bond acceptors (Lipinski definition) is 6. The minimum Gasteiger partial charge on any atom is -0.302 e. The van der Waals surface area contributed by atoms with Crippen molar-refractivity contribution in [3.05, 3.63) is 98.9 Å². The van der Waals surface area contributed by atoms with E-state index in [9.17, 15) is 9.59 Å². The second-order valence-corrected chi connectivity index (χ2v) is 11.5. The third kappa shape index (κ3) is 4.78. The zero-order valence-corrected chi connectivity index (χ0v) is 23.2. The van der Waals surface area contributed by atoms with Crippen LogP contribution in [-0.4, -0.2) is 32.5 Å². The summed E-state index contributed by atoms with van der Waals surface area (Å²) in [6, 6.07) is 18.3. The molecule has 7 heteroatoms. The van der Waals surface area contributed by atoms with Crippen LogP contribution in [-0.2, 0) is 22.6 Å². The fourth-order valence-corrected chi connectivity index (χ4v) is 6.38. The van der Waals surface area contributed by atoms with Gasteiger partial charge < -0.3 is 4.79 Å². The molecule has 0 bridgehead atoms. The van der Waals surface area contributed by atoms with Crippen molar-refractivity contribution in [3.8, 4) is 5.00 Å². The van der Waals surface area contributed by atoms with E-state index < -0.39 is 11.8 Å². The quantitative estimate of drug-likeness (QED) is 0.205. The maximum atomic E-state index is 13.7. The molecule has 0 amide bonds. The lowest BCUT2D eigenvalue weighted by Gasteiger charge is -2.16. The summed E-state index contributed by atoms with van der Waals surface area (Å²) in [6.45, 7) is 10.6. The van der Waals surface area contributed by atoms with Crippen molar-refractivity contribution in [2.24, 2.45) is 10.9 Å². The van der Waals surface area contributed by atoms with Gasteiger partial charge in [-0.15, -0.1) is 21.5 Å². The van der Waals surface area contributed by atoms with Crippen LogP contribution in [0.5, 0.6) is 0 Å². The molecular formula is C31H32N4O2S. The van der Waals surface area contributed by atoms with Crippen LogP contribution in [0.1, 0.15) is 77.0 Å². The third-order valence-electron chi connectivity index (χ3n) is 7.16. The van der Waals surface area contributed by atoms with Crippen LogP contribution in [0.25, 0.3) is 5.00 Å². The zero-order valence-electron chi connectivity index (χ0n) is 22.4. The van der Waals surface area contributed by atoms with Gasteiger partial charge in [0, 0.05) is 21.9 Å². The smallest absolute Gasteiger partial charge is 0.160 e. The third-order valence-corrected chi connectivity index (χ3v) is 8.36. The van der Waals surface area contributed by atoms with Crippen LogP contribution in [0.2, 0.25) is 0 Å². The number of hydrogen-bond donors (Lipinski definition) is 0. The zero-order chi connectivity index (χ0) is 27.0. The molecule has 2 atom stereocenters. The van der Waals surface area contributed by atoms with Gasteiger partial charge in [-0.25, -0.2) is 0 Å². The molecule has 3 heterocycles. The van der Waals surface area contributed by atoms with E-state index in [2.05, 4.69) is 55.2 Å². The molecule has 1 aliphatic heterocycles. The fourth-order valence-electron chi connectivity index (χ4n) is 5.09. The van der Waals surface area contributed by atoms with Crippen molar-refractivity contribution >= 4 is 29.1 Å². The number of aliphatic imine (C=N–C) groups is 1.